The van der Waals surface area contributed by atoms with Crippen LogP contribution < -0.4 is 5.32 Å². The Morgan fingerprint density at radius 1 is 1.45 bits per heavy atom. The summed E-state index contributed by atoms with van der Waals surface area (Å²) in [5.74, 6) is 0.0436. The van der Waals surface area contributed by atoms with E-state index in [2.05, 4.69) is 28.2 Å². The monoisotopic (exact) mass is 337 g/mol. The van der Waals surface area contributed by atoms with Crippen molar-refractivity contribution in [3.8, 4) is 0 Å². The van der Waals surface area contributed by atoms with Crippen molar-refractivity contribution in [2.45, 2.75) is 25.8 Å². The topological polar surface area (TPSA) is 62.5 Å². The summed E-state index contributed by atoms with van der Waals surface area (Å²) in [6.45, 7) is 2.08. The summed E-state index contributed by atoms with van der Waals surface area (Å²) >= 11 is 3.39. The Labute approximate surface area is 125 Å². The molecule has 0 radical (unpaired) electrons. The average Bonchev–Trinajstić information content (AvgIpc) is 2.91. The molecule has 1 unspecified atom stereocenters. The van der Waals surface area contributed by atoms with Crippen LogP contribution in [-0.2, 0) is 6.42 Å². The first-order valence-electron chi connectivity index (χ1n) is 6.38. The molecule has 0 spiro atoms. The largest absolute Gasteiger partial charge is 0.478 e. The Balaban J connectivity index is 1.93. The molecule has 0 aliphatic heterocycles. The van der Waals surface area contributed by atoms with E-state index in [1.54, 1.807) is 24.5 Å². The highest BCUT2D eigenvalue weighted by Crippen LogP contribution is 2.25. The molecule has 20 heavy (non-hydrogen) atoms. The lowest BCUT2D eigenvalue weighted by Gasteiger charge is -2.16. The van der Waals surface area contributed by atoms with Gasteiger partial charge in [-0.1, -0.05) is 0 Å². The van der Waals surface area contributed by atoms with Crippen LogP contribution >= 0.6 is 15.9 Å². The number of carbonyl (C=O) groups is 1. The number of aromatic carboxylic acids is 1. The summed E-state index contributed by atoms with van der Waals surface area (Å²) in [6.07, 6.45) is 3.47. The molecule has 1 aromatic carbocycles. The maximum Gasteiger partial charge on any atom is 0.335 e. The highest BCUT2D eigenvalue weighted by Gasteiger charge is 2.09. The average molecular weight is 338 g/mol. The molecular weight excluding hydrogens is 322 g/mol. The maximum absolute atomic E-state index is 10.9. The molecule has 5 heteroatoms. The summed E-state index contributed by atoms with van der Waals surface area (Å²) in [4.78, 5) is 10.9. The second-order valence-corrected chi connectivity index (χ2v) is 5.52. The number of anilines is 1. The Morgan fingerprint density at radius 3 is 2.85 bits per heavy atom. The van der Waals surface area contributed by atoms with Gasteiger partial charge in [0.05, 0.1) is 11.8 Å². The van der Waals surface area contributed by atoms with Crippen molar-refractivity contribution in [1.82, 2.24) is 0 Å². The van der Waals surface area contributed by atoms with Crippen LogP contribution in [0.1, 0.15) is 29.5 Å². The van der Waals surface area contributed by atoms with Crippen LogP contribution in [0.3, 0.4) is 0 Å². The van der Waals surface area contributed by atoms with Gasteiger partial charge in [-0.15, -0.1) is 0 Å². The van der Waals surface area contributed by atoms with E-state index in [4.69, 9.17) is 9.52 Å². The molecule has 0 amide bonds. The fourth-order valence-electron chi connectivity index (χ4n) is 1.92. The molecule has 0 saturated carbocycles. The van der Waals surface area contributed by atoms with E-state index in [9.17, 15) is 4.79 Å². The third kappa shape index (κ3) is 3.87. The molecule has 2 rings (SSSR count). The molecule has 1 aromatic heterocycles. The number of furan rings is 1. The number of benzene rings is 1. The molecule has 106 valence electrons. The zero-order chi connectivity index (χ0) is 14.5. The lowest BCUT2D eigenvalue weighted by atomic mass is 10.1. The van der Waals surface area contributed by atoms with Crippen molar-refractivity contribution in [3.05, 3.63) is 52.4 Å². The van der Waals surface area contributed by atoms with Crippen LogP contribution in [0.15, 0.2) is 45.5 Å². The van der Waals surface area contributed by atoms with Gasteiger partial charge in [0.15, 0.2) is 0 Å². The maximum atomic E-state index is 10.9. The van der Waals surface area contributed by atoms with E-state index in [1.165, 1.54) is 0 Å². The van der Waals surface area contributed by atoms with Gasteiger partial charge in [0.2, 0.25) is 0 Å². The number of halogens is 1. The molecule has 0 aliphatic carbocycles. The first kappa shape index (κ1) is 14.7. The zero-order valence-corrected chi connectivity index (χ0v) is 12.7. The summed E-state index contributed by atoms with van der Waals surface area (Å²) in [5.41, 5.74) is 1.16. The van der Waals surface area contributed by atoms with Crippen molar-refractivity contribution in [3.63, 3.8) is 0 Å². The predicted octanol–water partition coefficient (Wildman–Crippen LogP) is 4.17. The van der Waals surface area contributed by atoms with E-state index in [0.717, 1.165) is 28.8 Å². The highest BCUT2D eigenvalue weighted by molar-refractivity contribution is 9.10. The van der Waals surface area contributed by atoms with Crippen LogP contribution in [0.25, 0.3) is 0 Å². The second-order valence-electron chi connectivity index (χ2n) is 4.66. The quantitative estimate of drug-likeness (QED) is 0.830. The number of nitrogens with one attached hydrogen (secondary N) is 1. The van der Waals surface area contributed by atoms with Crippen LogP contribution in [0.5, 0.6) is 0 Å². The Morgan fingerprint density at radius 2 is 2.25 bits per heavy atom. The van der Waals surface area contributed by atoms with Gasteiger partial charge in [-0.05, 0) is 59.6 Å². The molecule has 4 nitrogen and oxygen atoms in total. The van der Waals surface area contributed by atoms with Crippen LogP contribution in [0.2, 0.25) is 0 Å². The zero-order valence-electron chi connectivity index (χ0n) is 11.1. The molecule has 1 heterocycles. The van der Waals surface area contributed by atoms with E-state index in [0.29, 0.717) is 0 Å². The van der Waals surface area contributed by atoms with E-state index < -0.39 is 5.97 Å². The normalized spacial score (nSPS) is 12.1. The molecule has 0 bridgehead atoms. The number of carboxylic acid groups (broad SMARTS) is 1. The molecule has 0 fully saturated rings. The van der Waals surface area contributed by atoms with Crippen molar-refractivity contribution >= 4 is 27.6 Å². The predicted molar refractivity (Wildman–Crippen MR) is 81.2 cm³/mol. The Bertz CT molecular complexity index is 581. The van der Waals surface area contributed by atoms with Gasteiger partial charge in [-0.3, -0.25) is 0 Å². The number of carboxylic acids is 1. The van der Waals surface area contributed by atoms with E-state index in [-0.39, 0.29) is 11.6 Å². The number of hydrogen-bond donors (Lipinski definition) is 2. The number of aryl methyl sites for hydroxylation is 1. The van der Waals surface area contributed by atoms with Gasteiger partial charge < -0.3 is 14.8 Å². The molecule has 0 aliphatic rings. The van der Waals surface area contributed by atoms with Crippen molar-refractivity contribution in [2.24, 2.45) is 0 Å². The molecule has 1 atom stereocenters. The van der Waals surface area contributed by atoms with Gasteiger partial charge in [0.25, 0.3) is 0 Å². The van der Waals surface area contributed by atoms with Crippen molar-refractivity contribution < 1.29 is 14.3 Å². The minimum atomic E-state index is -0.928. The van der Waals surface area contributed by atoms with Crippen molar-refractivity contribution in [1.29, 1.82) is 0 Å². The van der Waals surface area contributed by atoms with E-state index >= 15 is 0 Å². The fourth-order valence-corrected chi connectivity index (χ4v) is 2.41. The first-order valence-corrected chi connectivity index (χ1v) is 7.17. The minimum Gasteiger partial charge on any atom is -0.478 e. The Hall–Kier alpha value is -1.75. The Kier molecular flexibility index (Phi) is 4.84. The van der Waals surface area contributed by atoms with Gasteiger partial charge in [0.1, 0.15) is 5.76 Å². The number of hydrogen-bond acceptors (Lipinski definition) is 3. The molecule has 0 saturated heterocycles. The summed E-state index contributed by atoms with van der Waals surface area (Å²) < 4.78 is 6.05. The smallest absolute Gasteiger partial charge is 0.335 e. The third-order valence-electron chi connectivity index (χ3n) is 3.02. The SMILES string of the molecule is CC(CCc1ccco1)Nc1ccc(C(=O)O)cc1Br. The van der Waals surface area contributed by atoms with Crippen LogP contribution in [-0.4, -0.2) is 17.1 Å². The van der Waals surface area contributed by atoms with Gasteiger partial charge in [0, 0.05) is 22.6 Å². The van der Waals surface area contributed by atoms with Gasteiger partial charge in [-0.2, -0.15) is 0 Å². The summed E-state index contributed by atoms with van der Waals surface area (Å²) in [7, 11) is 0. The minimum absolute atomic E-state index is 0.257. The lowest BCUT2D eigenvalue weighted by Crippen LogP contribution is -2.16. The standard InChI is InChI=1S/C15H16BrNO3/c1-10(4-6-12-3-2-8-20-12)17-14-7-5-11(15(18)19)9-13(14)16/h2-3,5,7-10,17H,4,6H2,1H3,(H,18,19). The third-order valence-corrected chi connectivity index (χ3v) is 3.68. The van der Waals surface area contributed by atoms with Crippen molar-refractivity contribution in [2.75, 3.05) is 5.32 Å². The summed E-state index contributed by atoms with van der Waals surface area (Å²) in [5, 5.41) is 12.3. The first-order chi connectivity index (χ1) is 9.56. The molecular formula is C15H16BrNO3. The highest BCUT2D eigenvalue weighted by atomic mass is 79.9. The lowest BCUT2D eigenvalue weighted by molar-refractivity contribution is 0.0697. The molecule has 2 N–H and O–H groups in total. The van der Waals surface area contributed by atoms with Crippen LogP contribution in [0, 0.1) is 0 Å². The molecule has 2 aromatic rings. The van der Waals surface area contributed by atoms with Gasteiger partial charge in [-0.25, -0.2) is 4.79 Å². The van der Waals surface area contributed by atoms with E-state index in [1.807, 2.05) is 12.1 Å². The van der Waals surface area contributed by atoms with Gasteiger partial charge >= 0.3 is 5.97 Å². The summed E-state index contributed by atoms with van der Waals surface area (Å²) in [6, 6.07) is 9.07. The second kappa shape index (κ2) is 6.61. The number of rotatable bonds is 6. The fraction of sp³-hybridized carbons (Fsp3) is 0.267. The van der Waals surface area contributed by atoms with Crippen LogP contribution in [0.4, 0.5) is 5.69 Å².